The summed E-state index contributed by atoms with van der Waals surface area (Å²) < 4.78 is 48.1. The lowest BCUT2D eigenvalue weighted by Gasteiger charge is -2.40. The first kappa shape index (κ1) is 52.6. The van der Waals surface area contributed by atoms with Crippen LogP contribution in [-0.4, -0.2) is 122 Å². The van der Waals surface area contributed by atoms with E-state index in [2.05, 4.69) is 52.6 Å². The summed E-state index contributed by atoms with van der Waals surface area (Å²) >= 11 is 0. The SMILES string of the molecule is C=C(C)C(=O)OCC1OC[C@@H](OC(=O)C(=C)C)[C@@H](OC(=O)C(=C)C)[C@@H]1OC(=O)C(=C)C.C=CC(=O)O.C=CC(=O)O[C@H]1[C@H](OC(=O)C=C)C(CC)OC[C@H]1OC(=O)C=C. The van der Waals surface area contributed by atoms with Crippen LogP contribution in [0.1, 0.15) is 41.0 Å². The third-order valence-corrected chi connectivity index (χ3v) is 7.43. The molecule has 0 aromatic carbocycles. The molecule has 2 aliphatic rings. The lowest BCUT2D eigenvalue weighted by molar-refractivity contribution is -0.229. The van der Waals surface area contributed by atoms with Crippen LogP contribution in [0.5, 0.6) is 0 Å². The summed E-state index contributed by atoms with van der Waals surface area (Å²) in [5, 5.41) is 7.60. The summed E-state index contributed by atoms with van der Waals surface area (Å²) in [4.78, 5) is 92.1. The molecule has 324 valence electrons. The van der Waals surface area contributed by atoms with E-state index in [1.54, 1.807) is 0 Å². The van der Waals surface area contributed by atoms with Crippen molar-refractivity contribution in [3.8, 4) is 0 Å². The molecule has 18 heteroatoms. The molecule has 2 saturated heterocycles. The zero-order chi connectivity index (χ0) is 45.6. The largest absolute Gasteiger partial charge is 0.478 e. The summed E-state index contributed by atoms with van der Waals surface area (Å²) in [5.74, 6) is -6.14. The topological polar surface area (TPSA) is 240 Å². The molecular formula is C41H52O18. The number of aliphatic carboxylic acids is 1. The van der Waals surface area contributed by atoms with Crippen LogP contribution in [0.4, 0.5) is 0 Å². The number of carbonyl (C=O) groups excluding carboxylic acids is 7. The van der Waals surface area contributed by atoms with E-state index in [1.807, 2.05) is 6.92 Å². The van der Waals surface area contributed by atoms with E-state index in [4.69, 9.17) is 47.7 Å². The Labute approximate surface area is 342 Å². The maximum atomic E-state index is 12.2. The number of carboxylic acids is 1. The quantitative estimate of drug-likeness (QED) is 0.126. The summed E-state index contributed by atoms with van der Waals surface area (Å²) in [6.45, 7) is 34.0. The van der Waals surface area contributed by atoms with E-state index in [0.29, 0.717) is 6.42 Å². The van der Waals surface area contributed by atoms with E-state index in [1.165, 1.54) is 27.7 Å². The predicted molar refractivity (Wildman–Crippen MR) is 208 cm³/mol. The average Bonchev–Trinajstić information content (AvgIpc) is 3.19. The summed E-state index contributed by atoms with van der Waals surface area (Å²) in [5.41, 5.74) is 0.415. The Kier molecular flexibility index (Phi) is 23.6. The minimum atomic E-state index is -1.28. The summed E-state index contributed by atoms with van der Waals surface area (Å²) in [6.07, 6.45) is -3.83. The van der Waals surface area contributed by atoms with Crippen molar-refractivity contribution in [2.75, 3.05) is 19.8 Å². The van der Waals surface area contributed by atoms with Crippen molar-refractivity contribution in [1.82, 2.24) is 0 Å². The Morgan fingerprint density at radius 2 is 0.864 bits per heavy atom. The van der Waals surface area contributed by atoms with Gasteiger partial charge in [0, 0.05) is 46.6 Å². The van der Waals surface area contributed by atoms with Gasteiger partial charge in [0.15, 0.2) is 36.6 Å². The smallest absolute Gasteiger partial charge is 0.333 e. The number of carbonyl (C=O) groups is 8. The molecule has 0 bridgehead atoms. The van der Waals surface area contributed by atoms with Crippen molar-refractivity contribution in [1.29, 1.82) is 0 Å². The highest BCUT2D eigenvalue weighted by molar-refractivity contribution is 5.89. The van der Waals surface area contributed by atoms with Gasteiger partial charge in [-0.1, -0.05) is 59.6 Å². The second kappa shape index (κ2) is 26.5. The van der Waals surface area contributed by atoms with Crippen LogP contribution < -0.4 is 0 Å². The van der Waals surface area contributed by atoms with Crippen LogP contribution in [0, 0.1) is 0 Å². The number of esters is 7. The van der Waals surface area contributed by atoms with Crippen LogP contribution in [0.2, 0.25) is 0 Å². The van der Waals surface area contributed by atoms with Crippen LogP contribution in [0.15, 0.2) is 99.2 Å². The molecular weight excluding hydrogens is 780 g/mol. The van der Waals surface area contributed by atoms with Gasteiger partial charge >= 0.3 is 47.8 Å². The zero-order valence-corrected chi connectivity index (χ0v) is 33.8. The molecule has 0 aromatic heterocycles. The first-order valence-electron chi connectivity index (χ1n) is 17.6. The van der Waals surface area contributed by atoms with Crippen LogP contribution in [-0.2, 0) is 81.0 Å². The fourth-order valence-corrected chi connectivity index (χ4v) is 4.46. The molecule has 8 atom stereocenters. The molecule has 2 heterocycles. The van der Waals surface area contributed by atoms with Gasteiger partial charge in [-0.3, -0.25) is 0 Å². The number of ether oxygens (including phenoxy) is 9. The second-order valence-corrected chi connectivity index (χ2v) is 12.5. The molecule has 0 aliphatic carbocycles. The number of rotatable bonds is 17. The van der Waals surface area contributed by atoms with Gasteiger partial charge in [0.2, 0.25) is 0 Å². The average molecular weight is 833 g/mol. The maximum Gasteiger partial charge on any atom is 0.333 e. The van der Waals surface area contributed by atoms with Gasteiger partial charge in [0.05, 0.1) is 19.3 Å². The summed E-state index contributed by atoms with van der Waals surface area (Å²) in [6, 6.07) is 0. The Bertz CT molecular complexity index is 1670. The first-order valence-corrected chi connectivity index (χ1v) is 17.6. The second-order valence-electron chi connectivity index (χ2n) is 12.5. The normalized spacial score (nSPS) is 22.7. The van der Waals surface area contributed by atoms with Crippen LogP contribution in [0.3, 0.4) is 0 Å². The third-order valence-electron chi connectivity index (χ3n) is 7.43. The fourth-order valence-electron chi connectivity index (χ4n) is 4.46. The van der Waals surface area contributed by atoms with E-state index in [-0.39, 0.29) is 42.1 Å². The standard InChI is InChI=1S/C22H28O9.C16H20O7.C3H4O2/c1-11(2)19(23)28-9-15-17(30-21(25)13(5)6)18(31-22(26)14(7)8)16(10-27-15)29-20(24)12(3)4;1-5-10-15(22-13(18)7-3)16(23-14(19)8-4)11(9-20-10)21-12(17)6-2;1-2-3(4)5/h15-18H,1,3,5,7,9-10H2,2,4,6,8H3;6-8,10-11,15-16H,2-5,9H2,1H3;2H,1H2,(H,4,5)/t15?,16-,17-,18-;10?,11-,15-,16-;/m11./s1. The minimum Gasteiger partial charge on any atom is -0.478 e. The molecule has 59 heavy (non-hydrogen) atoms. The van der Waals surface area contributed by atoms with Gasteiger partial charge in [-0.25, -0.2) is 38.4 Å². The molecule has 0 aromatic rings. The Hall–Kier alpha value is -6.40. The lowest BCUT2D eigenvalue weighted by Crippen LogP contribution is -2.59. The van der Waals surface area contributed by atoms with Crippen molar-refractivity contribution in [3.05, 3.63) is 99.2 Å². The van der Waals surface area contributed by atoms with Crippen LogP contribution >= 0.6 is 0 Å². The van der Waals surface area contributed by atoms with Crippen molar-refractivity contribution in [3.63, 3.8) is 0 Å². The Balaban J connectivity index is 0.00000106. The van der Waals surface area contributed by atoms with E-state index < -0.39 is 96.6 Å². The Morgan fingerprint density at radius 3 is 1.27 bits per heavy atom. The summed E-state index contributed by atoms with van der Waals surface area (Å²) in [7, 11) is 0. The molecule has 0 spiro atoms. The predicted octanol–water partition coefficient (Wildman–Crippen LogP) is 3.31. The molecule has 0 saturated carbocycles. The van der Waals surface area contributed by atoms with E-state index in [9.17, 15) is 38.4 Å². The molecule has 0 radical (unpaired) electrons. The monoisotopic (exact) mass is 832 g/mol. The molecule has 2 rings (SSSR count). The Morgan fingerprint density at radius 1 is 0.525 bits per heavy atom. The first-order chi connectivity index (χ1) is 27.6. The molecule has 0 amide bonds. The molecule has 2 fully saturated rings. The van der Waals surface area contributed by atoms with Gasteiger partial charge in [-0.2, -0.15) is 0 Å². The molecule has 18 nitrogen and oxygen atoms in total. The van der Waals surface area contributed by atoms with Gasteiger partial charge in [-0.15, -0.1) is 0 Å². The number of hydrogen-bond acceptors (Lipinski definition) is 17. The number of hydrogen-bond donors (Lipinski definition) is 1. The zero-order valence-electron chi connectivity index (χ0n) is 33.8. The van der Waals surface area contributed by atoms with Crippen molar-refractivity contribution >= 4 is 47.8 Å². The fraction of sp³-hybridized carbons (Fsp3) is 0.415. The molecule has 1 N–H and O–H groups in total. The lowest BCUT2D eigenvalue weighted by atomic mass is 9.97. The van der Waals surface area contributed by atoms with Crippen molar-refractivity contribution in [2.24, 2.45) is 0 Å². The van der Waals surface area contributed by atoms with Crippen molar-refractivity contribution < 1.29 is 86.1 Å². The van der Waals surface area contributed by atoms with E-state index in [0.717, 1.165) is 24.3 Å². The van der Waals surface area contributed by atoms with Crippen LogP contribution in [0.25, 0.3) is 0 Å². The molecule has 2 unspecified atom stereocenters. The minimum absolute atomic E-state index is 0.00465. The maximum absolute atomic E-state index is 12.2. The van der Waals surface area contributed by atoms with Crippen molar-refractivity contribution in [2.45, 2.75) is 89.9 Å². The highest BCUT2D eigenvalue weighted by Crippen LogP contribution is 2.28. The van der Waals surface area contributed by atoms with Gasteiger partial charge in [-0.05, 0) is 34.1 Å². The van der Waals surface area contributed by atoms with E-state index >= 15 is 0 Å². The van der Waals surface area contributed by atoms with Gasteiger partial charge in [0.1, 0.15) is 12.7 Å². The van der Waals surface area contributed by atoms with Gasteiger partial charge in [0.25, 0.3) is 0 Å². The third kappa shape index (κ3) is 18.6. The van der Waals surface area contributed by atoms with Gasteiger partial charge < -0.3 is 47.7 Å². The highest BCUT2D eigenvalue weighted by Gasteiger charge is 2.49. The number of carboxylic acid groups (broad SMARTS) is 1. The molecule has 2 aliphatic heterocycles. The highest BCUT2D eigenvalue weighted by atomic mass is 16.7.